The molecule has 2 aliphatic rings. The first-order valence-electron chi connectivity index (χ1n) is 8.17. The van der Waals surface area contributed by atoms with Crippen molar-refractivity contribution in [3.05, 3.63) is 45.5 Å². The number of quaternary nitrogens is 1. The number of nitrogens with zero attached hydrogens (tertiary/aromatic N) is 3. The minimum absolute atomic E-state index is 0.173. The Hall–Kier alpha value is -2.36. The summed E-state index contributed by atoms with van der Waals surface area (Å²) in [6.07, 6.45) is 1.97. The zero-order chi connectivity index (χ0) is 19.1. The molecule has 130 valence electrons. The molecule has 1 aromatic rings. The van der Waals surface area contributed by atoms with Crippen LogP contribution >= 0.6 is 23.2 Å². The Morgan fingerprint density at radius 1 is 1.23 bits per heavy atom. The van der Waals surface area contributed by atoms with Gasteiger partial charge >= 0.3 is 0 Å². The van der Waals surface area contributed by atoms with Crippen LogP contribution in [0.1, 0.15) is 11.5 Å². The van der Waals surface area contributed by atoms with Gasteiger partial charge in [0.25, 0.3) is 0 Å². The molecule has 1 aliphatic carbocycles. The van der Waals surface area contributed by atoms with Crippen LogP contribution in [0.25, 0.3) is 0 Å². The molecular weight excluding hydrogens is 369 g/mol. The van der Waals surface area contributed by atoms with Crippen molar-refractivity contribution in [2.45, 2.75) is 5.92 Å². The van der Waals surface area contributed by atoms with Gasteiger partial charge in [0.1, 0.15) is 5.92 Å². The summed E-state index contributed by atoms with van der Waals surface area (Å²) >= 11 is 12.6. The topological polar surface area (TPSA) is 99.7 Å². The molecule has 7 heteroatoms. The van der Waals surface area contributed by atoms with Gasteiger partial charge in [0.2, 0.25) is 0 Å². The van der Waals surface area contributed by atoms with Gasteiger partial charge in [-0.15, -0.1) is 0 Å². The molecule has 1 aliphatic heterocycles. The summed E-state index contributed by atoms with van der Waals surface area (Å²) in [6, 6.07) is 11.4. The highest BCUT2D eigenvalue weighted by atomic mass is 35.5. The fraction of sp³-hybridized carbons (Fsp3) is 0.368. The number of rotatable bonds is 1. The number of fused-ring (bicyclic) bond motifs is 1. The van der Waals surface area contributed by atoms with Crippen molar-refractivity contribution in [2.75, 3.05) is 20.1 Å². The molecule has 0 amide bonds. The summed E-state index contributed by atoms with van der Waals surface area (Å²) in [5.41, 5.74) is -0.540. The van der Waals surface area contributed by atoms with Gasteiger partial charge in [0, 0.05) is 11.8 Å². The second-order valence-corrected chi connectivity index (χ2v) is 7.59. The minimum atomic E-state index is -1.76. The lowest BCUT2D eigenvalue weighted by Gasteiger charge is -2.46. The van der Waals surface area contributed by atoms with Gasteiger partial charge in [-0.1, -0.05) is 35.3 Å². The van der Waals surface area contributed by atoms with Crippen LogP contribution in [0, 0.1) is 56.7 Å². The van der Waals surface area contributed by atoms with E-state index in [1.54, 1.807) is 18.2 Å². The number of hydrogen-bond donors (Lipinski definition) is 2. The lowest BCUT2D eigenvalue weighted by molar-refractivity contribution is -0.878. The standard InChI is InChI=1S/C19H15Cl2N5/c1-26-6-5-11-13(7-22)18(25)19(9-23,10-24)16(14(11)8-26)12-3-2-4-15(20)17(12)21/h2-5,13-14,16,25H,6,8H2,1H3/p+1/t13?,14-,16-/m0/s1. The van der Waals surface area contributed by atoms with Gasteiger partial charge in [-0.25, -0.2) is 0 Å². The highest BCUT2D eigenvalue weighted by Gasteiger charge is 2.58. The van der Waals surface area contributed by atoms with Gasteiger partial charge in [0.15, 0.2) is 5.41 Å². The summed E-state index contributed by atoms with van der Waals surface area (Å²) in [4.78, 5) is 1.21. The summed E-state index contributed by atoms with van der Waals surface area (Å²) in [6.45, 7) is 1.38. The maximum Gasteiger partial charge on any atom is 0.190 e. The van der Waals surface area contributed by atoms with E-state index < -0.39 is 17.3 Å². The molecule has 0 spiro atoms. The van der Waals surface area contributed by atoms with Crippen molar-refractivity contribution in [3.63, 3.8) is 0 Å². The largest absolute Gasteiger partial charge is 0.334 e. The number of halogens is 2. The molecule has 0 saturated heterocycles. The molecule has 4 atom stereocenters. The number of benzene rings is 1. The van der Waals surface area contributed by atoms with E-state index in [-0.39, 0.29) is 11.6 Å². The van der Waals surface area contributed by atoms with Gasteiger partial charge in [-0.3, -0.25) is 0 Å². The van der Waals surface area contributed by atoms with E-state index in [2.05, 4.69) is 6.07 Å². The van der Waals surface area contributed by atoms with Crippen LogP contribution < -0.4 is 4.90 Å². The number of nitriles is 3. The second-order valence-electron chi connectivity index (χ2n) is 6.80. The van der Waals surface area contributed by atoms with Gasteiger partial charge in [-0.05, 0) is 23.3 Å². The molecule has 1 fully saturated rings. The smallest absolute Gasteiger partial charge is 0.190 e. The highest BCUT2D eigenvalue weighted by molar-refractivity contribution is 6.42. The Labute approximate surface area is 162 Å². The molecule has 5 nitrogen and oxygen atoms in total. The Bertz CT molecular complexity index is 917. The van der Waals surface area contributed by atoms with Crippen LogP contribution in [0.15, 0.2) is 29.8 Å². The first-order chi connectivity index (χ1) is 12.4. The van der Waals surface area contributed by atoms with Crippen LogP contribution in [0.5, 0.6) is 0 Å². The molecule has 0 radical (unpaired) electrons. The Morgan fingerprint density at radius 2 is 1.92 bits per heavy atom. The summed E-state index contributed by atoms with van der Waals surface area (Å²) in [5, 5.41) is 38.7. The summed E-state index contributed by atoms with van der Waals surface area (Å²) in [7, 11) is 2.02. The van der Waals surface area contributed by atoms with E-state index in [0.717, 1.165) is 12.1 Å². The van der Waals surface area contributed by atoms with Crippen LogP contribution in [-0.4, -0.2) is 25.8 Å². The summed E-state index contributed by atoms with van der Waals surface area (Å²) < 4.78 is 0. The van der Waals surface area contributed by atoms with Crippen LogP contribution in [-0.2, 0) is 0 Å². The first kappa shape index (κ1) is 18.4. The molecule has 2 unspecified atom stereocenters. The van der Waals surface area contributed by atoms with Gasteiger partial charge < -0.3 is 10.3 Å². The zero-order valence-corrected chi connectivity index (χ0v) is 15.6. The lowest BCUT2D eigenvalue weighted by Crippen LogP contribution is -3.10. The average molecular weight is 385 g/mol. The van der Waals surface area contributed by atoms with Crippen LogP contribution in [0.3, 0.4) is 0 Å². The molecule has 2 N–H and O–H groups in total. The Balaban J connectivity index is 2.32. The Morgan fingerprint density at radius 3 is 2.54 bits per heavy atom. The van der Waals surface area contributed by atoms with Crippen LogP contribution in [0.4, 0.5) is 0 Å². The minimum Gasteiger partial charge on any atom is -0.334 e. The van der Waals surface area contributed by atoms with Gasteiger partial charge in [-0.2, -0.15) is 15.8 Å². The normalized spacial score (nSPS) is 29.5. The van der Waals surface area contributed by atoms with Crippen molar-refractivity contribution in [2.24, 2.45) is 17.3 Å². The van der Waals surface area contributed by atoms with E-state index in [0.29, 0.717) is 22.2 Å². The third-order valence-corrected chi connectivity index (χ3v) is 6.23. The third-order valence-electron chi connectivity index (χ3n) is 5.40. The Kier molecular flexibility index (Phi) is 4.78. The first-order valence-corrected chi connectivity index (χ1v) is 8.93. The number of likely N-dealkylation sites (N-methyl/N-ethyl adjacent to an activating group) is 1. The van der Waals surface area contributed by atoms with Crippen LogP contribution in [0.2, 0.25) is 10.0 Å². The molecule has 1 aromatic carbocycles. The SMILES string of the molecule is C[NH+]1CC=C2C(C#N)C(=N)C(C#N)(C#N)[C@@H](c3cccc(Cl)c3Cl)[C@H]2C1. The fourth-order valence-corrected chi connectivity index (χ4v) is 4.59. The lowest BCUT2D eigenvalue weighted by atomic mass is 9.54. The quantitative estimate of drug-likeness (QED) is 0.726. The van der Waals surface area contributed by atoms with Crippen molar-refractivity contribution in [1.82, 2.24) is 0 Å². The molecular formula is C19H16Cl2N5+. The predicted octanol–water partition coefficient (Wildman–Crippen LogP) is 2.35. The van der Waals surface area contributed by atoms with E-state index in [1.165, 1.54) is 4.90 Å². The van der Waals surface area contributed by atoms with E-state index in [1.807, 2.05) is 25.3 Å². The van der Waals surface area contributed by atoms with E-state index in [4.69, 9.17) is 28.6 Å². The predicted molar refractivity (Wildman–Crippen MR) is 97.9 cm³/mol. The molecule has 0 bridgehead atoms. The molecule has 0 aromatic heterocycles. The molecule has 3 rings (SSSR count). The maximum atomic E-state index is 9.95. The maximum absolute atomic E-state index is 9.95. The average Bonchev–Trinajstić information content (AvgIpc) is 2.64. The molecule has 1 saturated carbocycles. The van der Waals surface area contributed by atoms with E-state index in [9.17, 15) is 15.8 Å². The van der Waals surface area contributed by atoms with Crippen molar-refractivity contribution < 1.29 is 4.90 Å². The second kappa shape index (κ2) is 6.75. The monoisotopic (exact) mass is 384 g/mol. The van der Waals surface area contributed by atoms with E-state index >= 15 is 0 Å². The fourth-order valence-electron chi connectivity index (χ4n) is 4.16. The van der Waals surface area contributed by atoms with Gasteiger partial charge in [0.05, 0.1) is 54.1 Å². The number of hydrogen-bond acceptors (Lipinski definition) is 4. The zero-order valence-electron chi connectivity index (χ0n) is 14.1. The number of nitrogens with one attached hydrogen (secondary N) is 2. The highest BCUT2D eigenvalue weighted by Crippen LogP contribution is 2.54. The van der Waals surface area contributed by atoms with Crippen molar-refractivity contribution >= 4 is 28.9 Å². The molecule has 1 heterocycles. The van der Waals surface area contributed by atoms with Crippen molar-refractivity contribution in [1.29, 1.82) is 21.2 Å². The third kappa shape index (κ3) is 2.51. The molecule has 26 heavy (non-hydrogen) atoms. The summed E-state index contributed by atoms with van der Waals surface area (Å²) in [5.74, 6) is -1.75. The van der Waals surface area contributed by atoms with Crippen molar-refractivity contribution in [3.8, 4) is 18.2 Å².